The molecule has 6 nitrogen and oxygen atoms in total. The van der Waals surface area contributed by atoms with Crippen LogP contribution in [0.1, 0.15) is 56.6 Å². The lowest BCUT2D eigenvalue weighted by molar-refractivity contribution is -0.140. The number of fused-ring (bicyclic) bond motifs is 1. The molecule has 7 heteroatoms. The first-order valence-electron chi connectivity index (χ1n) is 10.7. The zero-order valence-electron chi connectivity index (χ0n) is 17.3. The molecule has 158 valence electrons. The van der Waals surface area contributed by atoms with Gasteiger partial charge in [-0.2, -0.15) is 4.31 Å². The number of imide groups is 1. The second kappa shape index (κ2) is 7.84. The first-order chi connectivity index (χ1) is 13.8. The molecule has 2 atom stereocenters. The fourth-order valence-corrected chi connectivity index (χ4v) is 6.70. The number of likely N-dealkylation sites (tertiary alicyclic amines) is 1. The maximum atomic E-state index is 13.2. The quantitative estimate of drug-likeness (QED) is 0.704. The molecule has 1 aromatic rings. The third kappa shape index (κ3) is 3.75. The van der Waals surface area contributed by atoms with Gasteiger partial charge in [0, 0.05) is 13.1 Å². The Hall–Kier alpha value is -1.73. The molecule has 2 heterocycles. The maximum Gasteiger partial charge on any atom is 0.243 e. The number of benzene rings is 1. The van der Waals surface area contributed by atoms with E-state index in [9.17, 15) is 18.0 Å². The van der Waals surface area contributed by atoms with Crippen LogP contribution in [0.4, 0.5) is 0 Å². The molecule has 1 aliphatic carbocycles. The third-order valence-corrected chi connectivity index (χ3v) is 8.93. The van der Waals surface area contributed by atoms with Crippen molar-refractivity contribution in [3.05, 3.63) is 29.3 Å². The van der Waals surface area contributed by atoms with Crippen molar-refractivity contribution >= 4 is 21.8 Å². The van der Waals surface area contributed by atoms with E-state index in [-0.39, 0.29) is 30.2 Å². The van der Waals surface area contributed by atoms with E-state index in [0.717, 1.165) is 38.5 Å². The van der Waals surface area contributed by atoms with Crippen LogP contribution in [0.5, 0.6) is 0 Å². The molecule has 0 aromatic heterocycles. The van der Waals surface area contributed by atoms with Crippen molar-refractivity contribution in [3.8, 4) is 0 Å². The number of amides is 2. The summed E-state index contributed by atoms with van der Waals surface area (Å²) in [5.74, 6) is 0.00879. The minimum Gasteiger partial charge on any atom is -0.278 e. The van der Waals surface area contributed by atoms with Gasteiger partial charge in [0.2, 0.25) is 21.8 Å². The summed E-state index contributed by atoms with van der Waals surface area (Å²) < 4.78 is 28.0. The summed E-state index contributed by atoms with van der Waals surface area (Å²) in [5.41, 5.74) is 1.39. The van der Waals surface area contributed by atoms with E-state index in [4.69, 9.17) is 0 Å². The summed E-state index contributed by atoms with van der Waals surface area (Å²) in [5, 5.41) is 0. The standard InChI is InChI=1S/C22H30N2O4S/c1-15-9-11-23(12-10-15)29(27,28)20-13-17(8-7-16(20)2)14-24-21(25)18-5-3-4-6-19(18)22(24)26/h7-8,13,15,18-19H,3-6,9-12,14H2,1-2H3/t18-,19+. The molecule has 3 aliphatic rings. The summed E-state index contributed by atoms with van der Waals surface area (Å²) in [7, 11) is -3.58. The van der Waals surface area contributed by atoms with Gasteiger partial charge in [0.05, 0.1) is 23.3 Å². The second-order valence-electron chi connectivity index (χ2n) is 8.95. The van der Waals surface area contributed by atoms with Crippen LogP contribution >= 0.6 is 0 Å². The number of hydrogen-bond donors (Lipinski definition) is 0. The van der Waals surface area contributed by atoms with Crippen LogP contribution in [0.3, 0.4) is 0 Å². The molecule has 0 spiro atoms. The van der Waals surface area contributed by atoms with Crippen molar-refractivity contribution in [1.29, 1.82) is 0 Å². The van der Waals surface area contributed by atoms with Gasteiger partial charge in [-0.3, -0.25) is 14.5 Å². The van der Waals surface area contributed by atoms with Gasteiger partial charge in [0.25, 0.3) is 0 Å². The van der Waals surface area contributed by atoms with E-state index in [1.807, 2.05) is 6.07 Å². The van der Waals surface area contributed by atoms with Crippen molar-refractivity contribution in [1.82, 2.24) is 9.21 Å². The summed E-state index contributed by atoms with van der Waals surface area (Å²) in [6, 6.07) is 5.27. The number of carbonyl (C=O) groups is 2. The molecule has 0 bridgehead atoms. The summed E-state index contributed by atoms with van der Waals surface area (Å²) >= 11 is 0. The van der Waals surface area contributed by atoms with E-state index in [1.54, 1.807) is 23.4 Å². The molecule has 29 heavy (non-hydrogen) atoms. The highest BCUT2D eigenvalue weighted by Crippen LogP contribution is 2.38. The molecule has 0 N–H and O–H groups in total. The van der Waals surface area contributed by atoms with Crippen LogP contribution in [0.25, 0.3) is 0 Å². The Morgan fingerprint density at radius 2 is 1.55 bits per heavy atom. The van der Waals surface area contributed by atoms with Crippen LogP contribution in [-0.4, -0.2) is 42.5 Å². The van der Waals surface area contributed by atoms with E-state index < -0.39 is 10.0 Å². The van der Waals surface area contributed by atoms with Crippen LogP contribution in [-0.2, 0) is 26.2 Å². The average molecular weight is 419 g/mol. The smallest absolute Gasteiger partial charge is 0.243 e. The highest BCUT2D eigenvalue weighted by atomic mass is 32.2. The Morgan fingerprint density at radius 3 is 2.14 bits per heavy atom. The number of sulfonamides is 1. The zero-order chi connectivity index (χ0) is 20.8. The van der Waals surface area contributed by atoms with E-state index in [1.165, 1.54) is 4.90 Å². The van der Waals surface area contributed by atoms with Gasteiger partial charge in [-0.1, -0.05) is 31.9 Å². The Kier molecular flexibility index (Phi) is 5.55. The third-order valence-electron chi connectivity index (χ3n) is 6.89. The number of aryl methyl sites for hydroxylation is 1. The first kappa shape index (κ1) is 20.5. The van der Waals surface area contributed by atoms with Gasteiger partial charge in [0.1, 0.15) is 0 Å². The monoisotopic (exact) mass is 418 g/mol. The molecule has 2 amide bonds. The van der Waals surface area contributed by atoms with Gasteiger partial charge in [-0.15, -0.1) is 0 Å². The minimum atomic E-state index is -3.58. The van der Waals surface area contributed by atoms with Gasteiger partial charge >= 0.3 is 0 Å². The molecule has 1 saturated carbocycles. The van der Waals surface area contributed by atoms with Gasteiger partial charge in [0.15, 0.2) is 0 Å². The average Bonchev–Trinajstić information content (AvgIpc) is 2.95. The Labute approximate surface area is 173 Å². The van der Waals surface area contributed by atoms with Gasteiger partial charge in [-0.05, 0) is 55.7 Å². The van der Waals surface area contributed by atoms with Crippen LogP contribution in [0.15, 0.2) is 23.1 Å². The van der Waals surface area contributed by atoms with Crippen molar-refractivity contribution < 1.29 is 18.0 Å². The highest BCUT2D eigenvalue weighted by molar-refractivity contribution is 7.89. The van der Waals surface area contributed by atoms with Crippen molar-refractivity contribution in [3.63, 3.8) is 0 Å². The molecular weight excluding hydrogens is 388 g/mol. The van der Waals surface area contributed by atoms with Gasteiger partial charge in [-0.25, -0.2) is 8.42 Å². The highest BCUT2D eigenvalue weighted by Gasteiger charge is 2.48. The van der Waals surface area contributed by atoms with Crippen molar-refractivity contribution in [2.75, 3.05) is 13.1 Å². The normalized spacial score (nSPS) is 26.8. The van der Waals surface area contributed by atoms with Gasteiger partial charge < -0.3 is 0 Å². The lowest BCUT2D eigenvalue weighted by Gasteiger charge is -2.30. The first-order valence-corrected chi connectivity index (χ1v) is 12.2. The predicted molar refractivity (Wildman–Crippen MR) is 109 cm³/mol. The number of carbonyl (C=O) groups excluding carboxylic acids is 2. The van der Waals surface area contributed by atoms with E-state index >= 15 is 0 Å². The fraction of sp³-hybridized carbons (Fsp3) is 0.636. The minimum absolute atomic E-state index is 0.0882. The number of hydrogen-bond acceptors (Lipinski definition) is 4. The molecule has 0 unspecified atom stereocenters. The SMILES string of the molecule is Cc1ccc(CN2C(=O)[C@H]3CCCC[C@H]3C2=O)cc1S(=O)(=O)N1CCC(C)CC1. The summed E-state index contributed by atoms with van der Waals surface area (Å²) in [4.78, 5) is 27.2. The van der Waals surface area contributed by atoms with E-state index in [0.29, 0.717) is 35.0 Å². The maximum absolute atomic E-state index is 13.2. The Balaban J connectivity index is 1.57. The summed E-state index contributed by atoms with van der Waals surface area (Å²) in [6.45, 7) is 5.19. The number of nitrogens with zero attached hydrogens (tertiary/aromatic N) is 2. The molecule has 2 aliphatic heterocycles. The zero-order valence-corrected chi connectivity index (χ0v) is 18.1. The molecule has 2 saturated heterocycles. The summed E-state index contributed by atoms with van der Waals surface area (Å²) in [6.07, 6.45) is 5.30. The lowest BCUT2D eigenvalue weighted by Crippen LogP contribution is -2.38. The fourth-order valence-electron chi connectivity index (χ4n) is 4.95. The molecule has 0 radical (unpaired) electrons. The Morgan fingerprint density at radius 1 is 0.966 bits per heavy atom. The van der Waals surface area contributed by atoms with Crippen LogP contribution in [0.2, 0.25) is 0 Å². The van der Waals surface area contributed by atoms with Crippen molar-refractivity contribution in [2.45, 2.75) is 63.8 Å². The Bertz CT molecular complexity index is 895. The number of piperidine rings is 1. The molecule has 4 rings (SSSR count). The predicted octanol–water partition coefficient (Wildman–Crippen LogP) is 3.09. The molecule has 1 aromatic carbocycles. The topological polar surface area (TPSA) is 74.8 Å². The largest absolute Gasteiger partial charge is 0.278 e. The second-order valence-corrected chi connectivity index (χ2v) is 10.9. The number of rotatable bonds is 4. The van der Waals surface area contributed by atoms with Crippen LogP contribution < -0.4 is 0 Å². The molecular formula is C22H30N2O4S. The lowest BCUT2D eigenvalue weighted by atomic mass is 9.81. The van der Waals surface area contributed by atoms with Crippen molar-refractivity contribution in [2.24, 2.45) is 17.8 Å². The van der Waals surface area contributed by atoms with Crippen LogP contribution in [0, 0.1) is 24.7 Å². The van der Waals surface area contributed by atoms with E-state index in [2.05, 4.69) is 6.92 Å². The molecule has 3 fully saturated rings.